The molecule has 8 heteroatoms. The van der Waals surface area contributed by atoms with Crippen LogP contribution in [0.3, 0.4) is 0 Å². The second kappa shape index (κ2) is 11.1. The molecular formula is C27H23F2NO4S. The highest BCUT2D eigenvalue weighted by Gasteiger charge is 2.15. The Hall–Kier alpha value is -3.78. The highest BCUT2D eigenvalue weighted by atomic mass is 32.1. The summed E-state index contributed by atoms with van der Waals surface area (Å²) < 4.78 is 36.0. The number of hydrogen-bond acceptors (Lipinski definition) is 5. The number of ether oxygens (including phenoxy) is 2. The van der Waals surface area contributed by atoms with Crippen LogP contribution in [0, 0.1) is 6.92 Å². The summed E-state index contributed by atoms with van der Waals surface area (Å²) in [7, 11) is 0. The Morgan fingerprint density at radius 3 is 2.40 bits per heavy atom. The predicted octanol–water partition coefficient (Wildman–Crippen LogP) is 6.20. The molecule has 0 fully saturated rings. The lowest BCUT2D eigenvalue weighted by Gasteiger charge is -2.09. The number of alkyl halides is 2. The van der Waals surface area contributed by atoms with Gasteiger partial charge in [-0.3, -0.25) is 14.2 Å². The Kier molecular flexibility index (Phi) is 7.72. The number of rotatable bonds is 10. The monoisotopic (exact) mass is 495 g/mol. The molecule has 4 rings (SSSR count). The van der Waals surface area contributed by atoms with Crippen molar-refractivity contribution in [3.05, 3.63) is 111 Å². The average molecular weight is 496 g/mol. The van der Waals surface area contributed by atoms with Gasteiger partial charge in [-0.25, -0.2) is 0 Å². The Bertz CT molecular complexity index is 1350. The molecule has 0 N–H and O–H groups in total. The smallest absolute Gasteiger partial charge is 0.387 e. The molecule has 0 atom stereocenters. The molecule has 4 aromatic rings. The normalized spacial score (nSPS) is 11.0. The molecule has 35 heavy (non-hydrogen) atoms. The van der Waals surface area contributed by atoms with Crippen molar-refractivity contribution in [1.82, 2.24) is 4.57 Å². The number of halogens is 2. The van der Waals surface area contributed by atoms with E-state index in [0.717, 1.165) is 16.7 Å². The number of nitrogens with zero attached hydrogens (tertiary/aromatic N) is 1. The molecule has 2 aromatic heterocycles. The van der Waals surface area contributed by atoms with Gasteiger partial charge in [0.1, 0.15) is 23.1 Å². The van der Waals surface area contributed by atoms with Crippen LogP contribution in [0.4, 0.5) is 8.78 Å². The number of aryl methyl sites for hydroxylation is 2. The third-order valence-corrected chi connectivity index (χ3v) is 6.60. The molecule has 0 aliphatic carbocycles. The van der Waals surface area contributed by atoms with Crippen LogP contribution in [0.25, 0.3) is 5.00 Å². The standard InChI is InChI=1S/C27H23F2NO4S/c1-18-15-25(35-26(18)23(31)12-9-19-5-3-2-4-6-19)30-14-13-22(16-24(30)32)33-17-20-7-10-21(11-8-20)34-27(28)29/h2-8,10-11,13-16,27H,9,12,17H2,1H3. The Morgan fingerprint density at radius 2 is 1.71 bits per heavy atom. The van der Waals surface area contributed by atoms with E-state index in [2.05, 4.69) is 4.74 Å². The number of pyridine rings is 1. The SMILES string of the molecule is Cc1cc(-n2ccc(OCc3ccc(OC(F)F)cc3)cc2=O)sc1C(=O)CCc1ccccc1. The van der Waals surface area contributed by atoms with Crippen molar-refractivity contribution in [1.29, 1.82) is 0 Å². The van der Waals surface area contributed by atoms with E-state index < -0.39 is 6.61 Å². The minimum Gasteiger partial charge on any atom is -0.489 e. The van der Waals surface area contributed by atoms with Gasteiger partial charge < -0.3 is 9.47 Å². The zero-order valence-corrected chi connectivity index (χ0v) is 19.8. The van der Waals surface area contributed by atoms with Crippen molar-refractivity contribution >= 4 is 17.1 Å². The summed E-state index contributed by atoms with van der Waals surface area (Å²) in [6.45, 7) is -0.842. The van der Waals surface area contributed by atoms with Crippen LogP contribution in [0.2, 0.25) is 0 Å². The van der Waals surface area contributed by atoms with Crippen LogP contribution >= 0.6 is 11.3 Å². The lowest BCUT2D eigenvalue weighted by Crippen LogP contribution is -2.15. The van der Waals surface area contributed by atoms with Crippen LogP contribution in [0.15, 0.2) is 83.8 Å². The maximum atomic E-state index is 12.8. The fraction of sp³-hybridized carbons (Fsp3) is 0.185. The lowest BCUT2D eigenvalue weighted by molar-refractivity contribution is -0.0498. The average Bonchev–Trinajstić information content (AvgIpc) is 3.23. The highest BCUT2D eigenvalue weighted by molar-refractivity contribution is 7.16. The second-order valence-corrected chi connectivity index (χ2v) is 8.92. The van der Waals surface area contributed by atoms with Crippen molar-refractivity contribution in [2.45, 2.75) is 33.0 Å². The Labute approximate surface area is 205 Å². The van der Waals surface area contributed by atoms with Crippen LogP contribution in [-0.4, -0.2) is 17.0 Å². The van der Waals surface area contributed by atoms with Gasteiger partial charge in [0.25, 0.3) is 5.56 Å². The first-order chi connectivity index (χ1) is 16.9. The van der Waals surface area contributed by atoms with Crippen molar-refractivity contribution in [2.75, 3.05) is 0 Å². The number of carbonyl (C=O) groups is 1. The molecule has 0 aliphatic rings. The summed E-state index contributed by atoms with van der Waals surface area (Å²) in [5.41, 5.74) is 2.41. The van der Waals surface area contributed by atoms with E-state index in [1.165, 1.54) is 34.1 Å². The van der Waals surface area contributed by atoms with Crippen molar-refractivity contribution in [3.63, 3.8) is 0 Å². The molecule has 0 spiro atoms. The Balaban J connectivity index is 1.40. The number of thiophene rings is 1. The quantitative estimate of drug-likeness (QED) is 0.246. The van der Waals surface area contributed by atoms with Gasteiger partial charge in [0.15, 0.2) is 5.78 Å². The minimum atomic E-state index is -2.88. The van der Waals surface area contributed by atoms with Gasteiger partial charge in [-0.05, 0) is 54.3 Å². The van der Waals surface area contributed by atoms with E-state index in [4.69, 9.17) is 4.74 Å². The van der Waals surface area contributed by atoms with E-state index in [0.29, 0.717) is 28.5 Å². The summed E-state index contributed by atoms with van der Waals surface area (Å²) in [6.07, 6.45) is 2.68. The number of Topliss-reactive ketones (excluding diaryl/α,β-unsaturated/α-hetero) is 1. The zero-order chi connectivity index (χ0) is 24.8. The largest absolute Gasteiger partial charge is 0.489 e. The van der Waals surface area contributed by atoms with Gasteiger partial charge in [0, 0.05) is 18.7 Å². The van der Waals surface area contributed by atoms with Crippen LogP contribution < -0.4 is 15.0 Å². The summed E-state index contributed by atoms with van der Waals surface area (Å²) in [5, 5.41) is 0.664. The molecule has 0 radical (unpaired) electrons. The van der Waals surface area contributed by atoms with Crippen LogP contribution in [0.5, 0.6) is 11.5 Å². The topological polar surface area (TPSA) is 57.5 Å². The van der Waals surface area contributed by atoms with Gasteiger partial charge in [0.2, 0.25) is 0 Å². The third-order valence-electron chi connectivity index (χ3n) is 5.32. The molecule has 2 heterocycles. The molecular weight excluding hydrogens is 472 g/mol. The maximum Gasteiger partial charge on any atom is 0.387 e. The summed E-state index contributed by atoms with van der Waals surface area (Å²) in [6, 6.07) is 20.8. The summed E-state index contributed by atoms with van der Waals surface area (Å²) in [4.78, 5) is 26.1. The molecule has 0 aliphatic heterocycles. The molecule has 0 amide bonds. The maximum absolute atomic E-state index is 12.8. The van der Waals surface area contributed by atoms with Gasteiger partial charge >= 0.3 is 6.61 Å². The van der Waals surface area contributed by atoms with Gasteiger partial charge in [-0.1, -0.05) is 42.5 Å². The second-order valence-electron chi connectivity index (χ2n) is 7.89. The van der Waals surface area contributed by atoms with E-state index in [1.54, 1.807) is 24.4 Å². The summed E-state index contributed by atoms with van der Waals surface area (Å²) >= 11 is 1.30. The fourth-order valence-electron chi connectivity index (χ4n) is 3.54. The zero-order valence-electron chi connectivity index (χ0n) is 18.9. The van der Waals surface area contributed by atoms with Crippen molar-refractivity contribution in [3.8, 4) is 16.5 Å². The van der Waals surface area contributed by atoms with Crippen molar-refractivity contribution in [2.24, 2.45) is 0 Å². The molecule has 2 aromatic carbocycles. The number of carbonyl (C=O) groups excluding carboxylic acids is 1. The Morgan fingerprint density at radius 1 is 0.971 bits per heavy atom. The highest BCUT2D eigenvalue weighted by Crippen LogP contribution is 2.27. The molecule has 0 unspecified atom stereocenters. The van der Waals surface area contributed by atoms with E-state index in [1.807, 2.05) is 43.3 Å². The van der Waals surface area contributed by atoms with Gasteiger partial charge in [0.05, 0.1) is 4.88 Å². The first-order valence-electron chi connectivity index (χ1n) is 11.0. The molecule has 5 nitrogen and oxygen atoms in total. The molecule has 0 bridgehead atoms. The number of ketones is 1. The van der Waals surface area contributed by atoms with Gasteiger partial charge in [-0.2, -0.15) is 8.78 Å². The number of aromatic nitrogens is 1. The van der Waals surface area contributed by atoms with Crippen LogP contribution in [-0.2, 0) is 13.0 Å². The third kappa shape index (κ3) is 6.42. The van der Waals surface area contributed by atoms with Crippen molar-refractivity contribution < 1.29 is 23.0 Å². The lowest BCUT2D eigenvalue weighted by atomic mass is 10.1. The van der Waals surface area contributed by atoms with Crippen LogP contribution in [0.1, 0.15) is 32.8 Å². The number of hydrogen-bond donors (Lipinski definition) is 0. The predicted molar refractivity (Wildman–Crippen MR) is 131 cm³/mol. The van der Waals surface area contributed by atoms with E-state index in [-0.39, 0.29) is 23.7 Å². The first-order valence-corrected chi connectivity index (χ1v) is 11.8. The first kappa shape index (κ1) is 24.3. The van der Waals surface area contributed by atoms with Gasteiger partial charge in [-0.15, -0.1) is 11.3 Å². The van der Waals surface area contributed by atoms with E-state index >= 15 is 0 Å². The fourth-order valence-corrected chi connectivity index (χ4v) is 4.67. The molecule has 180 valence electrons. The number of benzene rings is 2. The molecule has 0 saturated carbocycles. The minimum absolute atomic E-state index is 0.0561. The summed E-state index contributed by atoms with van der Waals surface area (Å²) in [5.74, 6) is 0.502. The van der Waals surface area contributed by atoms with E-state index in [9.17, 15) is 18.4 Å². The molecule has 0 saturated heterocycles.